The van der Waals surface area contributed by atoms with E-state index in [4.69, 9.17) is 14.2 Å². The summed E-state index contributed by atoms with van der Waals surface area (Å²) >= 11 is 0. The molecule has 0 amide bonds. The Morgan fingerprint density at radius 2 is 1.59 bits per heavy atom. The zero-order chi connectivity index (χ0) is 27.2. The van der Waals surface area contributed by atoms with Crippen molar-refractivity contribution in [2.75, 3.05) is 20.3 Å². The summed E-state index contributed by atoms with van der Waals surface area (Å²) in [7, 11) is 1.56. The Hall–Kier alpha value is -4.16. The van der Waals surface area contributed by atoms with Crippen LogP contribution in [0.15, 0.2) is 107 Å². The number of rotatable bonds is 9. The number of hydrogen-bond donors (Lipinski definition) is 1. The van der Waals surface area contributed by atoms with Crippen molar-refractivity contribution >= 4 is 11.8 Å². The van der Waals surface area contributed by atoms with Gasteiger partial charge in [-0.15, -0.1) is 0 Å². The van der Waals surface area contributed by atoms with Gasteiger partial charge in [-0.25, -0.2) is 4.79 Å². The zero-order valence-corrected chi connectivity index (χ0v) is 22.3. The second-order valence-corrected chi connectivity index (χ2v) is 9.87. The molecule has 0 saturated carbocycles. The molecule has 2 atom stereocenters. The fourth-order valence-corrected chi connectivity index (χ4v) is 5.46. The first-order valence-electron chi connectivity index (χ1n) is 13.3. The van der Waals surface area contributed by atoms with E-state index in [2.05, 4.69) is 17.4 Å². The molecule has 3 aromatic rings. The fraction of sp³-hybridized carbons (Fsp3) is 0.273. The van der Waals surface area contributed by atoms with E-state index >= 15 is 0 Å². The number of carbonyl (C=O) groups is 2. The van der Waals surface area contributed by atoms with E-state index in [-0.39, 0.29) is 18.3 Å². The predicted molar refractivity (Wildman–Crippen MR) is 149 cm³/mol. The molecule has 6 nitrogen and oxygen atoms in total. The van der Waals surface area contributed by atoms with Gasteiger partial charge < -0.3 is 19.5 Å². The Kier molecular flexibility index (Phi) is 8.23. The molecular weight excluding hydrogens is 490 g/mol. The summed E-state index contributed by atoms with van der Waals surface area (Å²) in [5, 5.41) is 3.41. The van der Waals surface area contributed by atoms with Gasteiger partial charge in [-0.3, -0.25) is 4.79 Å². The Labute approximate surface area is 229 Å². The summed E-state index contributed by atoms with van der Waals surface area (Å²) in [5.74, 6) is -0.349. The molecule has 1 heterocycles. The van der Waals surface area contributed by atoms with Crippen molar-refractivity contribution in [1.29, 1.82) is 0 Å². The van der Waals surface area contributed by atoms with Crippen LogP contribution in [0.4, 0.5) is 0 Å². The molecule has 0 saturated heterocycles. The van der Waals surface area contributed by atoms with Gasteiger partial charge in [0.15, 0.2) is 5.78 Å². The lowest BCUT2D eigenvalue weighted by atomic mass is 9.71. The Morgan fingerprint density at radius 3 is 2.33 bits per heavy atom. The number of carbonyl (C=O) groups excluding carboxylic acids is 2. The summed E-state index contributed by atoms with van der Waals surface area (Å²) in [4.78, 5) is 27.4. The van der Waals surface area contributed by atoms with Gasteiger partial charge in [0.05, 0.1) is 18.1 Å². The third-order valence-corrected chi connectivity index (χ3v) is 7.31. The van der Waals surface area contributed by atoms with E-state index in [1.54, 1.807) is 7.11 Å². The van der Waals surface area contributed by atoms with Crippen LogP contribution in [0.25, 0.3) is 0 Å². The lowest BCUT2D eigenvalue weighted by Gasteiger charge is -2.37. The molecule has 0 radical (unpaired) electrons. The van der Waals surface area contributed by atoms with E-state index in [9.17, 15) is 9.59 Å². The number of allylic oxidation sites excluding steroid dienone is 3. The quantitative estimate of drug-likeness (QED) is 0.282. The Morgan fingerprint density at radius 1 is 0.897 bits per heavy atom. The van der Waals surface area contributed by atoms with Crippen molar-refractivity contribution in [3.63, 3.8) is 0 Å². The smallest absolute Gasteiger partial charge is 0.336 e. The van der Waals surface area contributed by atoms with Crippen molar-refractivity contribution in [3.8, 4) is 5.75 Å². The van der Waals surface area contributed by atoms with E-state index in [0.29, 0.717) is 48.6 Å². The molecule has 5 rings (SSSR count). The largest absolute Gasteiger partial charge is 0.489 e. The highest BCUT2D eigenvalue weighted by Crippen LogP contribution is 2.47. The lowest BCUT2D eigenvalue weighted by Crippen LogP contribution is -2.36. The maximum Gasteiger partial charge on any atom is 0.336 e. The first kappa shape index (κ1) is 26.4. The van der Waals surface area contributed by atoms with Crippen LogP contribution in [-0.4, -0.2) is 32.1 Å². The number of dihydropyridines is 1. The van der Waals surface area contributed by atoms with Crippen molar-refractivity contribution < 1.29 is 23.8 Å². The monoisotopic (exact) mass is 523 g/mol. The second-order valence-electron chi connectivity index (χ2n) is 9.87. The molecule has 2 aliphatic rings. The third kappa shape index (κ3) is 5.81. The van der Waals surface area contributed by atoms with E-state index in [0.717, 1.165) is 22.4 Å². The van der Waals surface area contributed by atoms with E-state index in [1.807, 2.05) is 79.7 Å². The van der Waals surface area contributed by atoms with Gasteiger partial charge in [0.1, 0.15) is 19.0 Å². The van der Waals surface area contributed by atoms with Gasteiger partial charge in [-0.2, -0.15) is 0 Å². The minimum Gasteiger partial charge on any atom is -0.489 e. The van der Waals surface area contributed by atoms with E-state index < -0.39 is 11.9 Å². The van der Waals surface area contributed by atoms with Crippen molar-refractivity contribution in [3.05, 3.63) is 124 Å². The number of ketones is 1. The Balaban J connectivity index is 1.55. The van der Waals surface area contributed by atoms with Crippen LogP contribution in [0, 0.1) is 0 Å². The number of nitrogens with one attached hydrogen (secondary N) is 1. The van der Waals surface area contributed by atoms with Gasteiger partial charge >= 0.3 is 5.97 Å². The van der Waals surface area contributed by atoms with Gasteiger partial charge in [0, 0.05) is 36.1 Å². The SMILES string of the molecule is COCCOC(=O)C1=C(C)NC2=C(C(=O)C[C@@H](c3ccccc3)C2)[C@@H]1c1ccccc1OCc1ccccc1. The minimum atomic E-state index is -0.604. The summed E-state index contributed by atoms with van der Waals surface area (Å²) in [5.41, 5.74) is 5.51. The molecule has 1 aliphatic carbocycles. The van der Waals surface area contributed by atoms with Gasteiger partial charge in [-0.1, -0.05) is 78.9 Å². The van der Waals surface area contributed by atoms with Crippen molar-refractivity contribution in [1.82, 2.24) is 5.32 Å². The molecule has 0 bridgehead atoms. The summed E-state index contributed by atoms with van der Waals surface area (Å²) in [6, 6.07) is 27.7. The summed E-state index contributed by atoms with van der Waals surface area (Å²) in [6.45, 7) is 2.66. The molecule has 1 N–H and O–H groups in total. The number of benzene rings is 3. The van der Waals surface area contributed by atoms with Gasteiger partial charge in [0.2, 0.25) is 0 Å². The number of hydrogen-bond acceptors (Lipinski definition) is 6. The van der Waals surface area contributed by atoms with Crippen molar-refractivity contribution in [2.45, 2.75) is 38.2 Å². The van der Waals surface area contributed by atoms with Crippen LogP contribution in [-0.2, 0) is 25.7 Å². The minimum absolute atomic E-state index is 0.0233. The average molecular weight is 524 g/mol. The number of ether oxygens (including phenoxy) is 3. The van der Waals surface area contributed by atoms with Crippen LogP contribution in [0.1, 0.15) is 48.3 Å². The van der Waals surface area contributed by atoms with Gasteiger partial charge in [0.25, 0.3) is 0 Å². The standard InChI is InChI=1S/C33H33NO5/c1-22-30(33(36)38-18-17-37-2)31(26-15-9-10-16-29(26)39-21-23-11-5-3-6-12-23)32-27(34-22)19-25(20-28(32)35)24-13-7-4-8-14-24/h3-16,25,31,34H,17-21H2,1-2H3/t25-,31+/m0/s1. The number of methoxy groups -OCH3 is 1. The van der Waals surface area contributed by atoms with Crippen LogP contribution < -0.4 is 10.1 Å². The molecule has 0 spiro atoms. The third-order valence-electron chi connectivity index (χ3n) is 7.31. The molecule has 1 aliphatic heterocycles. The zero-order valence-electron chi connectivity index (χ0n) is 22.3. The molecule has 200 valence electrons. The van der Waals surface area contributed by atoms with E-state index in [1.165, 1.54) is 0 Å². The summed E-state index contributed by atoms with van der Waals surface area (Å²) in [6.07, 6.45) is 1.05. The van der Waals surface area contributed by atoms with Gasteiger partial charge in [-0.05, 0) is 36.5 Å². The molecule has 6 heteroatoms. The second kappa shape index (κ2) is 12.1. The van der Waals surface area contributed by atoms with Crippen LogP contribution in [0.5, 0.6) is 5.75 Å². The fourth-order valence-electron chi connectivity index (χ4n) is 5.46. The van der Waals surface area contributed by atoms with Crippen LogP contribution in [0.3, 0.4) is 0 Å². The maximum absolute atomic E-state index is 13.9. The first-order valence-corrected chi connectivity index (χ1v) is 13.3. The number of para-hydroxylation sites is 1. The average Bonchev–Trinajstić information content (AvgIpc) is 2.96. The molecule has 0 aromatic heterocycles. The first-order chi connectivity index (χ1) is 19.1. The normalized spacial score (nSPS) is 18.9. The lowest BCUT2D eigenvalue weighted by molar-refractivity contribution is -0.140. The summed E-state index contributed by atoms with van der Waals surface area (Å²) < 4.78 is 17.0. The highest BCUT2D eigenvalue weighted by molar-refractivity contribution is 6.04. The highest BCUT2D eigenvalue weighted by atomic mass is 16.6. The molecular formula is C33H33NO5. The molecule has 0 unspecified atom stereocenters. The van der Waals surface area contributed by atoms with Crippen LogP contribution >= 0.6 is 0 Å². The Bertz CT molecular complexity index is 1390. The molecule has 0 fully saturated rings. The van der Waals surface area contributed by atoms with Crippen molar-refractivity contribution in [2.24, 2.45) is 0 Å². The van der Waals surface area contributed by atoms with Crippen LogP contribution in [0.2, 0.25) is 0 Å². The topological polar surface area (TPSA) is 73.9 Å². The predicted octanol–water partition coefficient (Wildman–Crippen LogP) is 5.82. The number of Topliss-reactive ketones (excluding diaryl/α,β-unsaturated/α-hetero) is 1. The molecule has 39 heavy (non-hydrogen) atoms. The number of esters is 1. The molecule has 3 aromatic carbocycles. The maximum atomic E-state index is 13.9. The highest BCUT2D eigenvalue weighted by Gasteiger charge is 2.42.